The number of aliphatic carboxylic acids is 1. The molecule has 3 aromatic carbocycles. The molecule has 0 bridgehead atoms. The van der Waals surface area contributed by atoms with Crippen LogP contribution >= 0.6 is 0 Å². The molecule has 4 rings (SSSR count). The fourth-order valence-corrected chi connectivity index (χ4v) is 5.16. The quantitative estimate of drug-likeness (QED) is 0.141. The minimum Gasteiger partial charge on any atom is -1.00 e. The van der Waals surface area contributed by atoms with Gasteiger partial charge in [-0.2, -0.15) is 0 Å². The summed E-state index contributed by atoms with van der Waals surface area (Å²) in [6.45, 7) is 2.31. The zero-order valence-electron chi connectivity index (χ0n) is 25.7. The fourth-order valence-electron chi connectivity index (χ4n) is 5.16. The van der Waals surface area contributed by atoms with E-state index in [-0.39, 0.29) is 65.2 Å². The van der Waals surface area contributed by atoms with Crippen molar-refractivity contribution in [1.29, 1.82) is 0 Å². The van der Waals surface area contributed by atoms with Crippen LogP contribution in [0.25, 0.3) is 22.4 Å². The number of nitrogens with one attached hydrogen (secondary N) is 1. The molecule has 2 unspecified atom stereocenters. The molecule has 0 aliphatic rings. The van der Waals surface area contributed by atoms with Gasteiger partial charge >= 0.3 is 43.7 Å². The second kappa shape index (κ2) is 16.0. The van der Waals surface area contributed by atoms with E-state index in [4.69, 9.17) is 5.11 Å². The van der Waals surface area contributed by atoms with Crippen LogP contribution in [-0.2, 0) is 17.8 Å². The van der Waals surface area contributed by atoms with E-state index in [1.54, 1.807) is 12.1 Å². The Labute approximate surface area is 278 Å². The Morgan fingerprint density at radius 1 is 0.905 bits per heavy atom. The van der Waals surface area contributed by atoms with E-state index in [1.807, 2.05) is 72.2 Å². The maximum absolute atomic E-state index is 14.0. The van der Waals surface area contributed by atoms with E-state index < -0.39 is 24.6 Å². The third-order valence-electron chi connectivity index (χ3n) is 6.94. The summed E-state index contributed by atoms with van der Waals surface area (Å²) < 4.78 is 16.0. The van der Waals surface area contributed by atoms with Crippen LogP contribution in [0, 0.1) is 5.82 Å². The molecule has 1 amide bonds. The number of carboxylic acid groups (broad SMARTS) is 1. The molecule has 7 nitrogen and oxygen atoms in total. The topological polar surface area (TPSA) is 112 Å². The van der Waals surface area contributed by atoms with Crippen LogP contribution in [0.4, 0.5) is 10.1 Å². The van der Waals surface area contributed by atoms with Gasteiger partial charge in [0.2, 0.25) is 0 Å². The number of hydrogen-bond donors (Lipinski definition) is 4. The van der Waals surface area contributed by atoms with Crippen LogP contribution in [0.15, 0.2) is 84.9 Å². The number of aliphatic hydroxyl groups is 2. The van der Waals surface area contributed by atoms with Gasteiger partial charge in [0, 0.05) is 23.5 Å². The molecule has 42 heavy (non-hydrogen) atoms. The number of hydrogen-bond acceptors (Lipinski definition) is 4. The number of carboxylic acids is 1. The normalized spacial score (nSPS) is 12.3. The van der Waals surface area contributed by atoms with Crippen molar-refractivity contribution < 1.29 is 32.2 Å². The van der Waals surface area contributed by atoms with Gasteiger partial charge in [-0.1, -0.05) is 61.9 Å². The summed E-state index contributed by atoms with van der Waals surface area (Å²) in [5, 5.41) is 32.8. The third-order valence-corrected chi connectivity index (χ3v) is 6.94. The largest absolute Gasteiger partial charge is 2.00 e. The number of anilines is 1. The van der Waals surface area contributed by atoms with Gasteiger partial charge < -0.3 is 28.1 Å². The maximum atomic E-state index is 14.0. The molecular weight excluding hydrogens is 563 g/mol. The molecule has 0 aliphatic heterocycles. The number of benzene rings is 3. The average Bonchev–Trinajstić information content (AvgIpc) is 3.27. The number of aliphatic hydroxyl groups excluding tert-OH is 2. The van der Waals surface area contributed by atoms with Crippen LogP contribution in [-0.4, -0.2) is 81.7 Å². The van der Waals surface area contributed by atoms with Crippen molar-refractivity contribution in [3.63, 3.8) is 0 Å². The van der Waals surface area contributed by atoms with Crippen molar-refractivity contribution in [1.82, 2.24) is 4.57 Å². The summed E-state index contributed by atoms with van der Waals surface area (Å²) in [6, 6.07) is 24.8. The summed E-state index contributed by atoms with van der Waals surface area (Å²) >= 11 is 0. The van der Waals surface area contributed by atoms with Crippen LogP contribution in [0.5, 0.6) is 0 Å². The molecule has 1 heterocycles. The molecule has 4 N–H and O–H groups in total. The molecule has 0 spiro atoms. The van der Waals surface area contributed by atoms with E-state index in [2.05, 4.69) is 5.32 Å². The molecule has 2 atom stereocenters. The molecule has 0 saturated heterocycles. The molecular formula is C33H37CaFN2O5. The predicted octanol–water partition coefficient (Wildman–Crippen LogP) is 5.99. The molecule has 9 heteroatoms. The smallest absolute Gasteiger partial charge is 1.00 e. The average molecular weight is 601 g/mol. The van der Waals surface area contributed by atoms with Crippen molar-refractivity contribution in [3.05, 3.63) is 102 Å². The zero-order valence-corrected chi connectivity index (χ0v) is 25.9. The molecule has 4 aromatic rings. The van der Waals surface area contributed by atoms with Gasteiger partial charge in [0.15, 0.2) is 0 Å². The third kappa shape index (κ3) is 8.52. The van der Waals surface area contributed by atoms with Gasteiger partial charge in [-0.15, -0.1) is 0 Å². The van der Waals surface area contributed by atoms with Gasteiger partial charge in [-0.25, -0.2) is 4.39 Å². The first kappa shape index (κ1) is 33.5. The zero-order chi connectivity index (χ0) is 29.4. The number of carbonyl (C=O) groups excluding carboxylic acids is 1. The molecule has 0 saturated carbocycles. The number of halogens is 1. The summed E-state index contributed by atoms with van der Waals surface area (Å²) in [4.78, 5) is 25.0. The molecule has 218 valence electrons. The second-order valence-electron chi connectivity index (χ2n) is 10.1. The summed E-state index contributed by atoms with van der Waals surface area (Å²) in [5.41, 5.74) is 4.88. The first-order valence-corrected chi connectivity index (χ1v) is 13.8. The van der Waals surface area contributed by atoms with E-state index in [1.165, 1.54) is 12.1 Å². The Hall–Kier alpha value is -3.01. The van der Waals surface area contributed by atoms with E-state index in [0.29, 0.717) is 35.3 Å². The number of aromatic nitrogens is 1. The summed E-state index contributed by atoms with van der Waals surface area (Å²) in [5.74, 6) is -1.80. The molecule has 0 fully saturated rings. The fraction of sp³-hybridized carbons (Fsp3) is 0.273. The summed E-state index contributed by atoms with van der Waals surface area (Å²) in [6.07, 6.45) is -1.16. The summed E-state index contributed by atoms with van der Waals surface area (Å²) in [7, 11) is 0. The number of amides is 1. The maximum Gasteiger partial charge on any atom is 2.00 e. The first-order valence-electron chi connectivity index (χ1n) is 13.8. The Bertz CT molecular complexity index is 1470. The van der Waals surface area contributed by atoms with Crippen molar-refractivity contribution in [2.45, 2.75) is 57.8 Å². The van der Waals surface area contributed by atoms with E-state index >= 15 is 0 Å². The Balaban J connectivity index is 0.00000323. The van der Waals surface area contributed by atoms with E-state index in [0.717, 1.165) is 23.4 Å². The van der Waals surface area contributed by atoms with Gasteiger partial charge in [-0.05, 0) is 66.8 Å². The monoisotopic (exact) mass is 600 g/mol. The van der Waals surface area contributed by atoms with Crippen LogP contribution in [0.1, 0.15) is 51.5 Å². The van der Waals surface area contributed by atoms with Gasteiger partial charge in [-0.3, -0.25) is 9.59 Å². The Morgan fingerprint density at radius 2 is 1.52 bits per heavy atom. The molecule has 0 radical (unpaired) electrons. The SMILES string of the molecule is CCCc1c(C(=O)Nc2ccccc2)c(-c2ccccc2)c(-c2ccc(F)cc2)n1CCC(O)CC(O)CC(=O)O.[Ca+2].[H-].[H-]. The van der Waals surface area contributed by atoms with Crippen molar-refractivity contribution in [3.8, 4) is 22.4 Å². The minimum absolute atomic E-state index is 0. The van der Waals surface area contributed by atoms with Crippen molar-refractivity contribution in [2.75, 3.05) is 5.32 Å². The standard InChI is InChI=1S/C33H35FN2O5.Ca.2H/c1-2-9-28-31(33(41)35-25-12-7-4-8-13-25)30(22-10-5-3-6-11-22)32(23-14-16-24(34)17-15-23)36(28)19-18-26(37)20-27(38)21-29(39)40;;;/h3-8,10-17,26-27,37-38H,2,9,18-21H2,1H3,(H,35,41)(H,39,40);;;/q;+2;2*-1. The molecule has 0 aliphatic carbocycles. The predicted molar refractivity (Wildman–Crippen MR) is 165 cm³/mol. The Kier molecular flexibility index (Phi) is 12.8. The van der Waals surface area contributed by atoms with E-state index in [9.17, 15) is 24.2 Å². The van der Waals surface area contributed by atoms with Crippen LogP contribution in [0.2, 0.25) is 0 Å². The second-order valence-corrected chi connectivity index (χ2v) is 10.1. The first-order chi connectivity index (χ1) is 19.8. The number of nitrogens with zero attached hydrogens (tertiary/aromatic N) is 1. The van der Waals surface area contributed by atoms with Crippen LogP contribution < -0.4 is 5.32 Å². The van der Waals surface area contributed by atoms with Crippen LogP contribution in [0.3, 0.4) is 0 Å². The minimum atomic E-state index is -1.18. The number of carbonyl (C=O) groups is 2. The van der Waals surface area contributed by atoms with Crippen molar-refractivity contribution >= 4 is 55.3 Å². The molecule has 1 aromatic heterocycles. The number of para-hydroxylation sites is 1. The van der Waals surface area contributed by atoms with Gasteiger partial charge in [0.25, 0.3) is 5.91 Å². The van der Waals surface area contributed by atoms with Crippen molar-refractivity contribution in [2.24, 2.45) is 0 Å². The van der Waals surface area contributed by atoms with Gasteiger partial charge in [0.05, 0.1) is 29.9 Å². The number of rotatable bonds is 13. The Morgan fingerprint density at radius 3 is 2.12 bits per heavy atom. The van der Waals surface area contributed by atoms with Gasteiger partial charge in [0.1, 0.15) is 5.82 Å².